The third kappa shape index (κ3) is 6.99. The minimum Gasteiger partial charge on any atom is -0.494 e. The Bertz CT molecular complexity index is 807. The molecule has 0 saturated heterocycles. The minimum absolute atomic E-state index is 0.244. The van der Waals surface area contributed by atoms with Crippen molar-refractivity contribution in [3.63, 3.8) is 0 Å². The Kier molecular flexibility index (Phi) is 8.86. The number of nitrogens with one attached hydrogen (secondary N) is 2. The molecule has 0 unspecified atom stereocenters. The highest BCUT2D eigenvalue weighted by Crippen LogP contribution is 2.27. The number of ether oxygens (including phenoxy) is 2. The number of carbonyl (C=O) groups excluding carboxylic acids is 3. The second kappa shape index (κ2) is 11.3. The van der Waals surface area contributed by atoms with Gasteiger partial charge in [0.2, 0.25) is 0 Å². The molecule has 2 amide bonds. The number of rotatable bonds is 9. The lowest BCUT2D eigenvalue weighted by Gasteiger charge is -2.31. The van der Waals surface area contributed by atoms with Crippen LogP contribution < -0.4 is 15.4 Å². The summed E-state index contributed by atoms with van der Waals surface area (Å²) in [7, 11) is 0. The zero-order valence-corrected chi connectivity index (χ0v) is 18.4. The number of carbonyl (C=O) groups is 3. The minimum atomic E-state index is -0.911. The highest BCUT2D eigenvalue weighted by atomic mass is 16.5. The zero-order valence-electron chi connectivity index (χ0n) is 18.4. The summed E-state index contributed by atoms with van der Waals surface area (Å²) in [5, 5.41) is 14.8. The predicted molar refractivity (Wildman–Crippen MR) is 114 cm³/mol. The number of hydrogen-bond donors (Lipinski definition) is 2. The van der Waals surface area contributed by atoms with Crippen LogP contribution in [0.25, 0.3) is 0 Å². The van der Waals surface area contributed by atoms with Gasteiger partial charge in [0, 0.05) is 5.56 Å². The maximum absolute atomic E-state index is 12.5. The highest BCUT2D eigenvalue weighted by molar-refractivity contribution is 5.97. The van der Waals surface area contributed by atoms with Crippen LogP contribution >= 0.6 is 0 Å². The van der Waals surface area contributed by atoms with Crippen LogP contribution in [0.2, 0.25) is 0 Å². The van der Waals surface area contributed by atoms with Gasteiger partial charge in [-0.3, -0.25) is 9.59 Å². The average molecular weight is 430 g/mol. The van der Waals surface area contributed by atoms with E-state index in [9.17, 15) is 19.6 Å². The number of hydrogen-bond acceptors (Lipinski definition) is 6. The number of esters is 1. The molecule has 1 saturated carbocycles. The Morgan fingerprint density at radius 2 is 1.77 bits per heavy atom. The van der Waals surface area contributed by atoms with Gasteiger partial charge in [-0.1, -0.05) is 33.1 Å². The first kappa shape index (κ1) is 24.2. The molecule has 31 heavy (non-hydrogen) atoms. The van der Waals surface area contributed by atoms with Gasteiger partial charge in [0.1, 0.15) is 17.3 Å². The van der Waals surface area contributed by atoms with Crippen LogP contribution in [-0.4, -0.2) is 42.6 Å². The first-order valence-electron chi connectivity index (χ1n) is 10.7. The van der Waals surface area contributed by atoms with Gasteiger partial charge >= 0.3 is 5.97 Å². The van der Waals surface area contributed by atoms with Gasteiger partial charge < -0.3 is 20.1 Å². The first-order chi connectivity index (χ1) is 14.8. The standard InChI is InChI=1S/C23H31N3O5/c1-4-30-18-10-8-17(9-11-18)21(28)25-20(16(2)3)22(29)31-14-19(27)26-23(15-24)12-6-5-7-13-23/h8-11,16,20H,4-7,12-14H2,1-3H3,(H,25,28)(H,26,27)/t20-/m0/s1. The van der Waals surface area contributed by atoms with Crippen molar-refractivity contribution in [2.24, 2.45) is 5.92 Å². The Morgan fingerprint density at radius 1 is 1.13 bits per heavy atom. The molecule has 1 aliphatic rings. The van der Waals surface area contributed by atoms with Crippen molar-refractivity contribution >= 4 is 17.8 Å². The highest BCUT2D eigenvalue weighted by Gasteiger charge is 2.34. The van der Waals surface area contributed by atoms with Crippen molar-refractivity contribution in [2.45, 2.75) is 64.5 Å². The molecule has 0 aromatic heterocycles. The van der Waals surface area contributed by atoms with E-state index in [1.54, 1.807) is 38.1 Å². The quantitative estimate of drug-likeness (QED) is 0.583. The monoisotopic (exact) mass is 429 g/mol. The largest absolute Gasteiger partial charge is 0.494 e. The number of amides is 2. The van der Waals surface area contributed by atoms with Gasteiger partial charge in [-0.2, -0.15) is 5.26 Å². The van der Waals surface area contributed by atoms with E-state index in [-0.39, 0.29) is 5.92 Å². The van der Waals surface area contributed by atoms with Gasteiger partial charge in [0.05, 0.1) is 12.7 Å². The molecule has 2 rings (SSSR count). The van der Waals surface area contributed by atoms with Crippen LogP contribution in [0, 0.1) is 17.2 Å². The fourth-order valence-electron chi connectivity index (χ4n) is 3.54. The van der Waals surface area contributed by atoms with E-state index in [0.29, 0.717) is 30.8 Å². The fraction of sp³-hybridized carbons (Fsp3) is 0.565. The molecule has 1 aromatic carbocycles. The lowest BCUT2D eigenvalue weighted by atomic mass is 9.83. The molecule has 0 spiro atoms. The summed E-state index contributed by atoms with van der Waals surface area (Å²) < 4.78 is 10.5. The molecule has 0 radical (unpaired) electrons. The summed E-state index contributed by atoms with van der Waals surface area (Å²) in [4.78, 5) is 37.3. The summed E-state index contributed by atoms with van der Waals surface area (Å²) in [6.07, 6.45) is 3.98. The maximum Gasteiger partial charge on any atom is 0.329 e. The topological polar surface area (TPSA) is 118 Å². The van der Waals surface area contributed by atoms with E-state index >= 15 is 0 Å². The summed E-state index contributed by atoms with van der Waals surface area (Å²) in [5.74, 6) is -1.23. The van der Waals surface area contributed by atoms with E-state index in [1.165, 1.54) is 0 Å². The molecule has 2 N–H and O–H groups in total. The van der Waals surface area contributed by atoms with Gasteiger partial charge in [-0.05, 0) is 49.9 Å². The van der Waals surface area contributed by atoms with Crippen molar-refractivity contribution in [3.05, 3.63) is 29.8 Å². The lowest BCUT2D eigenvalue weighted by molar-refractivity contribution is -0.151. The van der Waals surface area contributed by atoms with Crippen LogP contribution in [-0.2, 0) is 14.3 Å². The zero-order chi connectivity index (χ0) is 22.9. The van der Waals surface area contributed by atoms with Crippen LogP contribution in [0.1, 0.15) is 63.2 Å². The molecule has 168 valence electrons. The molecule has 1 fully saturated rings. The van der Waals surface area contributed by atoms with Crippen LogP contribution in [0.15, 0.2) is 24.3 Å². The van der Waals surface area contributed by atoms with E-state index in [0.717, 1.165) is 19.3 Å². The molecule has 1 aromatic rings. The van der Waals surface area contributed by atoms with Crippen molar-refractivity contribution in [1.29, 1.82) is 5.26 Å². The number of nitriles is 1. The van der Waals surface area contributed by atoms with Gasteiger partial charge in [-0.25, -0.2) is 4.79 Å². The van der Waals surface area contributed by atoms with Crippen molar-refractivity contribution in [1.82, 2.24) is 10.6 Å². The van der Waals surface area contributed by atoms with Gasteiger partial charge in [0.25, 0.3) is 11.8 Å². The first-order valence-corrected chi connectivity index (χ1v) is 10.7. The predicted octanol–water partition coefficient (Wildman–Crippen LogP) is 2.73. The lowest BCUT2D eigenvalue weighted by Crippen LogP contribution is -2.51. The molecule has 0 heterocycles. The Morgan fingerprint density at radius 3 is 2.32 bits per heavy atom. The third-order valence-electron chi connectivity index (χ3n) is 5.28. The second-order valence-corrected chi connectivity index (χ2v) is 8.06. The molecule has 1 aliphatic carbocycles. The number of benzene rings is 1. The fourth-order valence-corrected chi connectivity index (χ4v) is 3.54. The van der Waals surface area contributed by atoms with E-state index in [2.05, 4.69) is 16.7 Å². The molecule has 8 heteroatoms. The molecule has 8 nitrogen and oxygen atoms in total. The van der Waals surface area contributed by atoms with Crippen LogP contribution in [0.3, 0.4) is 0 Å². The van der Waals surface area contributed by atoms with Gasteiger partial charge in [0.15, 0.2) is 6.61 Å². The maximum atomic E-state index is 12.5. The summed E-state index contributed by atoms with van der Waals surface area (Å²) in [5.41, 5.74) is -0.506. The number of nitrogens with zero attached hydrogens (tertiary/aromatic N) is 1. The average Bonchev–Trinajstić information content (AvgIpc) is 2.76. The summed E-state index contributed by atoms with van der Waals surface area (Å²) >= 11 is 0. The van der Waals surface area contributed by atoms with Crippen LogP contribution in [0.5, 0.6) is 5.75 Å². The van der Waals surface area contributed by atoms with E-state index < -0.39 is 36.0 Å². The Hall–Kier alpha value is -3.08. The smallest absolute Gasteiger partial charge is 0.329 e. The SMILES string of the molecule is CCOc1ccc(C(=O)N[C@H](C(=O)OCC(=O)NC2(C#N)CCCCC2)C(C)C)cc1. The molecule has 0 bridgehead atoms. The van der Waals surface area contributed by atoms with E-state index in [1.807, 2.05) is 6.92 Å². The van der Waals surface area contributed by atoms with Crippen molar-refractivity contribution in [3.8, 4) is 11.8 Å². The third-order valence-corrected chi connectivity index (χ3v) is 5.28. The molecule has 0 aliphatic heterocycles. The summed E-state index contributed by atoms with van der Waals surface area (Å²) in [6, 6.07) is 7.87. The van der Waals surface area contributed by atoms with E-state index in [4.69, 9.17) is 9.47 Å². The Labute approximate surface area is 183 Å². The summed E-state index contributed by atoms with van der Waals surface area (Å²) in [6.45, 7) is 5.45. The Balaban J connectivity index is 1.91. The van der Waals surface area contributed by atoms with Crippen molar-refractivity contribution < 1.29 is 23.9 Å². The normalized spacial score (nSPS) is 16.0. The van der Waals surface area contributed by atoms with Gasteiger partial charge in [-0.15, -0.1) is 0 Å². The molecule has 1 atom stereocenters. The van der Waals surface area contributed by atoms with Crippen LogP contribution in [0.4, 0.5) is 0 Å². The molecular formula is C23H31N3O5. The van der Waals surface area contributed by atoms with Crippen molar-refractivity contribution in [2.75, 3.05) is 13.2 Å². The molecular weight excluding hydrogens is 398 g/mol. The second-order valence-electron chi connectivity index (χ2n) is 8.06.